The summed E-state index contributed by atoms with van der Waals surface area (Å²) in [6.07, 6.45) is 1.62. The van der Waals surface area contributed by atoms with Crippen LogP contribution in [0.25, 0.3) is 0 Å². The van der Waals surface area contributed by atoms with Gasteiger partial charge in [-0.2, -0.15) is 0 Å². The van der Waals surface area contributed by atoms with Crippen molar-refractivity contribution in [3.8, 4) is 0 Å². The summed E-state index contributed by atoms with van der Waals surface area (Å²) in [5.74, 6) is 0.175. The summed E-state index contributed by atoms with van der Waals surface area (Å²) in [5, 5.41) is 0. The first-order chi connectivity index (χ1) is 9.74. The maximum atomic E-state index is 12.2. The lowest BCUT2D eigenvalue weighted by Gasteiger charge is -2.18. The van der Waals surface area contributed by atoms with E-state index in [-0.39, 0.29) is 5.78 Å². The molecule has 0 saturated heterocycles. The standard InChI is InChI=1S/C17H18N2O/c18-15-7-5-14(6-8-15)17(20)10-12-19-11-9-13-3-1-2-4-16(13)19/h1-8H,9-12,18H2. The van der Waals surface area contributed by atoms with E-state index in [9.17, 15) is 4.79 Å². The maximum Gasteiger partial charge on any atom is 0.164 e. The highest BCUT2D eigenvalue weighted by atomic mass is 16.1. The van der Waals surface area contributed by atoms with Crippen molar-refractivity contribution in [1.82, 2.24) is 0 Å². The Morgan fingerprint density at radius 3 is 2.65 bits per heavy atom. The van der Waals surface area contributed by atoms with Crippen LogP contribution >= 0.6 is 0 Å². The molecular formula is C17H18N2O. The summed E-state index contributed by atoms with van der Waals surface area (Å²) < 4.78 is 0. The van der Waals surface area contributed by atoms with Crippen molar-refractivity contribution in [1.29, 1.82) is 0 Å². The fourth-order valence-electron chi connectivity index (χ4n) is 2.69. The van der Waals surface area contributed by atoms with Gasteiger partial charge in [-0.3, -0.25) is 4.79 Å². The molecule has 0 bridgehead atoms. The average molecular weight is 266 g/mol. The monoisotopic (exact) mass is 266 g/mol. The van der Waals surface area contributed by atoms with Crippen LogP contribution in [0.3, 0.4) is 0 Å². The highest BCUT2D eigenvalue weighted by molar-refractivity contribution is 5.96. The van der Waals surface area contributed by atoms with Crippen molar-refractivity contribution in [2.24, 2.45) is 0 Å². The minimum absolute atomic E-state index is 0.175. The van der Waals surface area contributed by atoms with E-state index >= 15 is 0 Å². The zero-order valence-electron chi connectivity index (χ0n) is 11.4. The third-order valence-electron chi connectivity index (χ3n) is 3.82. The van der Waals surface area contributed by atoms with Gasteiger partial charge in [0.2, 0.25) is 0 Å². The number of fused-ring (bicyclic) bond motifs is 1. The quantitative estimate of drug-likeness (QED) is 0.683. The minimum atomic E-state index is 0.175. The predicted molar refractivity (Wildman–Crippen MR) is 82.2 cm³/mol. The second kappa shape index (κ2) is 5.37. The lowest BCUT2D eigenvalue weighted by Crippen LogP contribution is -2.23. The number of hydrogen-bond acceptors (Lipinski definition) is 3. The van der Waals surface area contributed by atoms with Gasteiger partial charge in [-0.1, -0.05) is 18.2 Å². The zero-order chi connectivity index (χ0) is 13.9. The molecule has 0 radical (unpaired) electrons. The molecule has 1 aliphatic rings. The van der Waals surface area contributed by atoms with Gasteiger partial charge in [0.25, 0.3) is 0 Å². The van der Waals surface area contributed by atoms with Crippen molar-refractivity contribution < 1.29 is 4.79 Å². The summed E-state index contributed by atoms with van der Waals surface area (Å²) in [4.78, 5) is 14.5. The molecule has 102 valence electrons. The van der Waals surface area contributed by atoms with Crippen LogP contribution in [0.2, 0.25) is 0 Å². The first-order valence-electron chi connectivity index (χ1n) is 6.95. The molecule has 3 heteroatoms. The van der Waals surface area contributed by atoms with E-state index < -0.39 is 0 Å². The summed E-state index contributed by atoms with van der Waals surface area (Å²) in [5.41, 5.74) is 9.72. The van der Waals surface area contributed by atoms with Crippen molar-refractivity contribution >= 4 is 17.2 Å². The van der Waals surface area contributed by atoms with E-state index in [1.807, 2.05) is 0 Å². The van der Waals surface area contributed by atoms with Gasteiger partial charge in [0, 0.05) is 36.4 Å². The lowest BCUT2D eigenvalue weighted by atomic mass is 10.1. The molecule has 0 unspecified atom stereocenters. The van der Waals surface area contributed by atoms with Gasteiger partial charge < -0.3 is 10.6 Å². The number of para-hydroxylation sites is 1. The Kier molecular flexibility index (Phi) is 3.42. The molecule has 0 spiro atoms. The number of benzene rings is 2. The third kappa shape index (κ3) is 2.52. The van der Waals surface area contributed by atoms with Gasteiger partial charge in [-0.05, 0) is 42.3 Å². The molecule has 20 heavy (non-hydrogen) atoms. The van der Waals surface area contributed by atoms with Crippen molar-refractivity contribution in [2.75, 3.05) is 23.7 Å². The Hall–Kier alpha value is -2.29. The molecule has 3 nitrogen and oxygen atoms in total. The molecule has 1 aliphatic heterocycles. The molecule has 3 rings (SSSR count). The van der Waals surface area contributed by atoms with Crippen molar-refractivity contribution in [2.45, 2.75) is 12.8 Å². The van der Waals surface area contributed by atoms with Crippen LogP contribution in [0.15, 0.2) is 48.5 Å². The molecule has 0 atom stereocenters. The van der Waals surface area contributed by atoms with Gasteiger partial charge >= 0.3 is 0 Å². The topological polar surface area (TPSA) is 46.3 Å². The van der Waals surface area contributed by atoms with Crippen molar-refractivity contribution in [3.63, 3.8) is 0 Å². The van der Waals surface area contributed by atoms with E-state index in [0.717, 1.165) is 25.1 Å². The normalized spacial score (nSPS) is 13.3. The summed E-state index contributed by atoms with van der Waals surface area (Å²) in [7, 11) is 0. The van der Waals surface area contributed by atoms with Crippen molar-refractivity contribution in [3.05, 3.63) is 59.7 Å². The number of hydrogen-bond donors (Lipinski definition) is 1. The fraction of sp³-hybridized carbons (Fsp3) is 0.235. The van der Waals surface area contributed by atoms with E-state index in [2.05, 4.69) is 29.2 Å². The number of anilines is 2. The summed E-state index contributed by atoms with van der Waals surface area (Å²) in [6.45, 7) is 1.79. The molecule has 0 aromatic heterocycles. The largest absolute Gasteiger partial charge is 0.399 e. The zero-order valence-corrected chi connectivity index (χ0v) is 11.4. The number of nitrogens with zero attached hydrogens (tertiary/aromatic N) is 1. The van der Waals surface area contributed by atoms with Crippen LogP contribution in [0, 0.1) is 0 Å². The Balaban J connectivity index is 1.63. The van der Waals surface area contributed by atoms with Crippen LogP contribution in [0.4, 0.5) is 11.4 Å². The Morgan fingerprint density at radius 1 is 1.10 bits per heavy atom. The number of nitrogens with two attached hydrogens (primary N) is 1. The molecule has 2 aromatic carbocycles. The van der Waals surface area contributed by atoms with E-state index in [4.69, 9.17) is 5.73 Å². The molecule has 2 aromatic rings. The van der Waals surface area contributed by atoms with Crippen LogP contribution in [-0.4, -0.2) is 18.9 Å². The second-order valence-corrected chi connectivity index (χ2v) is 5.16. The number of carbonyl (C=O) groups is 1. The van der Waals surface area contributed by atoms with Crippen LogP contribution in [-0.2, 0) is 6.42 Å². The van der Waals surface area contributed by atoms with E-state index in [1.54, 1.807) is 24.3 Å². The van der Waals surface area contributed by atoms with Gasteiger partial charge in [0.05, 0.1) is 0 Å². The number of rotatable bonds is 4. The first kappa shape index (κ1) is 12.7. The minimum Gasteiger partial charge on any atom is -0.399 e. The predicted octanol–water partition coefficient (Wildman–Crippen LogP) is 2.90. The maximum absolute atomic E-state index is 12.2. The Bertz CT molecular complexity index is 619. The van der Waals surface area contributed by atoms with Gasteiger partial charge in [0.1, 0.15) is 0 Å². The van der Waals surface area contributed by atoms with E-state index in [0.29, 0.717) is 12.1 Å². The lowest BCUT2D eigenvalue weighted by molar-refractivity contribution is 0.0985. The van der Waals surface area contributed by atoms with E-state index in [1.165, 1.54) is 11.3 Å². The van der Waals surface area contributed by atoms with Crippen LogP contribution < -0.4 is 10.6 Å². The van der Waals surface area contributed by atoms with Gasteiger partial charge in [-0.15, -0.1) is 0 Å². The van der Waals surface area contributed by atoms with Gasteiger partial charge in [0.15, 0.2) is 5.78 Å². The van der Waals surface area contributed by atoms with Gasteiger partial charge in [-0.25, -0.2) is 0 Å². The Morgan fingerprint density at radius 2 is 1.85 bits per heavy atom. The average Bonchev–Trinajstić information content (AvgIpc) is 2.89. The summed E-state index contributed by atoms with van der Waals surface area (Å²) in [6, 6.07) is 15.6. The van der Waals surface area contributed by atoms with Crippen LogP contribution in [0.5, 0.6) is 0 Å². The van der Waals surface area contributed by atoms with Crippen LogP contribution in [0.1, 0.15) is 22.3 Å². The number of nitrogen functional groups attached to an aromatic ring is 1. The second-order valence-electron chi connectivity index (χ2n) is 5.16. The summed E-state index contributed by atoms with van der Waals surface area (Å²) >= 11 is 0. The number of ketones is 1. The molecule has 0 saturated carbocycles. The molecule has 0 amide bonds. The fourth-order valence-corrected chi connectivity index (χ4v) is 2.69. The molecule has 0 fully saturated rings. The molecule has 0 aliphatic carbocycles. The number of carbonyl (C=O) groups excluding carboxylic acids is 1. The first-order valence-corrected chi connectivity index (χ1v) is 6.95. The Labute approximate surface area is 119 Å². The highest BCUT2D eigenvalue weighted by Gasteiger charge is 2.18. The smallest absolute Gasteiger partial charge is 0.164 e. The number of Topliss-reactive ketones (excluding diaryl/α,β-unsaturated/α-hetero) is 1. The SMILES string of the molecule is Nc1ccc(C(=O)CCN2CCc3ccccc32)cc1. The molecular weight excluding hydrogens is 248 g/mol. The molecule has 2 N–H and O–H groups in total. The molecule has 1 heterocycles. The third-order valence-corrected chi connectivity index (χ3v) is 3.82. The highest BCUT2D eigenvalue weighted by Crippen LogP contribution is 2.27.